The summed E-state index contributed by atoms with van der Waals surface area (Å²) in [6.45, 7) is 2.66. The molecule has 7 nitrogen and oxygen atoms in total. The Morgan fingerprint density at radius 1 is 1.22 bits per heavy atom. The van der Waals surface area contributed by atoms with Crippen molar-refractivity contribution in [3.8, 4) is 5.75 Å². The van der Waals surface area contributed by atoms with Crippen LogP contribution in [0.2, 0.25) is 0 Å². The molecule has 27 heavy (non-hydrogen) atoms. The molecule has 1 N–H and O–H groups in total. The van der Waals surface area contributed by atoms with Crippen LogP contribution < -0.4 is 9.46 Å². The van der Waals surface area contributed by atoms with Gasteiger partial charge in [-0.15, -0.1) is 0 Å². The van der Waals surface area contributed by atoms with E-state index in [4.69, 9.17) is 4.74 Å². The van der Waals surface area contributed by atoms with E-state index in [1.807, 2.05) is 0 Å². The largest absolute Gasteiger partial charge is 0.494 e. The average Bonchev–Trinajstić information content (AvgIpc) is 2.67. The van der Waals surface area contributed by atoms with Crippen molar-refractivity contribution in [2.75, 3.05) is 25.4 Å². The zero-order valence-corrected chi connectivity index (χ0v) is 16.6. The average molecular weight is 391 g/mol. The van der Waals surface area contributed by atoms with Crippen LogP contribution in [-0.2, 0) is 10.0 Å². The summed E-state index contributed by atoms with van der Waals surface area (Å²) >= 11 is 0. The predicted molar refractivity (Wildman–Crippen MR) is 105 cm³/mol. The third-order valence-corrected chi connectivity index (χ3v) is 5.52. The van der Waals surface area contributed by atoms with E-state index >= 15 is 0 Å². The number of hydrogen-bond acceptors (Lipinski definition) is 5. The van der Waals surface area contributed by atoms with Gasteiger partial charge in [0.05, 0.1) is 18.9 Å². The monoisotopic (exact) mass is 391 g/mol. The van der Waals surface area contributed by atoms with Gasteiger partial charge in [-0.2, -0.15) is 0 Å². The minimum absolute atomic E-state index is 0.0803. The fourth-order valence-electron chi connectivity index (χ4n) is 2.62. The van der Waals surface area contributed by atoms with E-state index in [0.717, 1.165) is 19.3 Å². The van der Waals surface area contributed by atoms with Crippen molar-refractivity contribution < 1.29 is 17.9 Å². The van der Waals surface area contributed by atoms with Crippen molar-refractivity contribution in [3.05, 3.63) is 48.3 Å². The number of ether oxygens (including phenoxy) is 1. The number of pyridine rings is 1. The molecule has 2 rings (SSSR count). The Morgan fingerprint density at radius 3 is 2.67 bits per heavy atom. The number of methoxy groups -OCH3 is 1. The van der Waals surface area contributed by atoms with Crippen molar-refractivity contribution in [2.24, 2.45) is 0 Å². The Balaban J connectivity index is 2.31. The summed E-state index contributed by atoms with van der Waals surface area (Å²) in [6.07, 6.45) is 5.79. The van der Waals surface area contributed by atoms with Gasteiger partial charge in [0.1, 0.15) is 16.3 Å². The third-order valence-electron chi connectivity index (χ3n) is 4.10. The summed E-state index contributed by atoms with van der Waals surface area (Å²) in [7, 11) is -0.878. The summed E-state index contributed by atoms with van der Waals surface area (Å²) in [5.74, 6) is 0.0132. The molecule has 0 atom stereocenters. The van der Waals surface area contributed by atoms with E-state index < -0.39 is 10.0 Å². The number of carbonyl (C=O) groups is 1. The molecule has 0 aliphatic rings. The molecule has 0 saturated carbocycles. The molecule has 0 aliphatic heterocycles. The number of anilines is 1. The van der Waals surface area contributed by atoms with Crippen molar-refractivity contribution in [1.29, 1.82) is 0 Å². The normalized spacial score (nSPS) is 11.1. The van der Waals surface area contributed by atoms with Crippen LogP contribution in [0.25, 0.3) is 0 Å². The van der Waals surface area contributed by atoms with Crippen molar-refractivity contribution in [1.82, 2.24) is 9.88 Å². The Kier molecular flexibility index (Phi) is 7.18. The van der Waals surface area contributed by atoms with Crippen LogP contribution in [-0.4, -0.2) is 44.9 Å². The van der Waals surface area contributed by atoms with Crippen LogP contribution in [0.3, 0.4) is 0 Å². The van der Waals surface area contributed by atoms with Crippen LogP contribution >= 0.6 is 0 Å². The first-order chi connectivity index (χ1) is 12.9. The lowest BCUT2D eigenvalue weighted by Crippen LogP contribution is -2.29. The van der Waals surface area contributed by atoms with Crippen LogP contribution in [0.1, 0.15) is 36.5 Å². The summed E-state index contributed by atoms with van der Waals surface area (Å²) in [5, 5.41) is 0. The number of aromatic nitrogens is 1. The van der Waals surface area contributed by atoms with Gasteiger partial charge >= 0.3 is 0 Å². The predicted octanol–water partition coefficient (Wildman–Crippen LogP) is 3.15. The van der Waals surface area contributed by atoms with Gasteiger partial charge in [-0.05, 0) is 18.6 Å². The van der Waals surface area contributed by atoms with Gasteiger partial charge in [0.25, 0.3) is 15.9 Å². The first kappa shape index (κ1) is 20.7. The first-order valence-electron chi connectivity index (χ1n) is 8.76. The standard InChI is InChI=1S/C19H25N3O4S/c1-4-5-8-13-22(2)19(23)15-9-6-7-10-18(15)27(24,25)21-16-14-20-12-11-17(16)26-3/h6-7,9-12,14,21H,4-5,8,13H2,1-3H3. The molecule has 1 amide bonds. The molecule has 0 fully saturated rings. The zero-order valence-electron chi connectivity index (χ0n) is 15.8. The molecule has 0 spiro atoms. The molecule has 0 bridgehead atoms. The third kappa shape index (κ3) is 5.19. The smallest absolute Gasteiger partial charge is 0.262 e. The van der Waals surface area contributed by atoms with E-state index in [2.05, 4.69) is 16.6 Å². The quantitative estimate of drug-likeness (QED) is 0.663. The first-order valence-corrected chi connectivity index (χ1v) is 10.2. The number of hydrogen-bond donors (Lipinski definition) is 1. The Hall–Kier alpha value is -2.61. The van der Waals surface area contributed by atoms with Gasteiger partial charge in [-0.1, -0.05) is 31.9 Å². The summed E-state index contributed by atoms with van der Waals surface area (Å²) < 4.78 is 33.4. The molecular weight excluding hydrogens is 366 g/mol. The lowest BCUT2D eigenvalue weighted by molar-refractivity contribution is 0.0789. The second kappa shape index (κ2) is 9.36. The summed E-state index contributed by atoms with van der Waals surface area (Å²) in [5.41, 5.74) is 0.338. The molecule has 0 radical (unpaired) electrons. The van der Waals surface area contributed by atoms with Crippen molar-refractivity contribution >= 4 is 21.6 Å². The molecule has 0 saturated heterocycles. The number of nitrogens with zero attached hydrogens (tertiary/aromatic N) is 2. The van der Waals surface area contributed by atoms with Crippen LogP contribution in [0.5, 0.6) is 5.75 Å². The second-order valence-electron chi connectivity index (χ2n) is 6.11. The highest BCUT2D eigenvalue weighted by molar-refractivity contribution is 7.92. The molecule has 1 heterocycles. The van der Waals surface area contributed by atoms with Crippen molar-refractivity contribution in [3.63, 3.8) is 0 Å². The van der Waals surface area contributed by atoms with Crippen LogP contribution in [0, 0.1) is 0 Å². The molecule has 2 aromatic rings. The maximum atomic E-state index is 12.9. The molecule has 8 heteroatoms. The summed E-state index contributed by atoms with van der Waals surface area (Å²) in [4.78, 5) is 18.2. The lowest BCUT2D eigenvalue weighted by atomic mass is 10.2. The van der Waals surface area contributed by atoms with E-state index in [1.165, 1.54) is 31.6 Å². The highest BCUT2D eigenvalue weighted by atomic mass is 32.2. The number of amides is 1. The second-order valence-corrected chi connectivity index (χ2v) is 7.76. The number of nitrogens with one attached hydrogen (secondary N) is 1. The fraction of sp³-hybridized carbons (Fsp3) is 0.368. The van der Waals surface area contributed by atoms with Crippen LogP contribution in [0.4, 0.5) is 5.69 Å². The number of carbonyl (C=O) groups excluding carboxylic acids is 1. The van der Waals surface area contributed by atoms with Crippen molar-refractivity contribution in [2.45, 2.75) is 31.1 Å². The molecule has 1 aromatic carbocycles. The van der Waals surface area contributed by atoms with Crippen LogP contribution in [0.15, 0.2) is 47.6 Å². The summed E-state index contributed by atoms with van der Waals surface area (Å²) in [6, 6.07) is 7.72. The zero-order chi connectivity index (χ0) is 19.9. The fourth-order valence-corrected chi connectivity index (χ4v) is 3.88. The molecule has 0 aliphatic carbocycles. The molecular formula is C19H25N3O4S. The lowest BCUT2D eigenvalue weighted by Gasteiger charge is -2.19. The van der Waals surface area contributed by atoms with Gasteiger partial charge < -0.3 is 9.64 Å². The van der Waals surface area contributed by atoms with E-state index in [1.54, 1.807) is 30.1 Å². The van der Waals surface area contributed by atoms with E-state index in [9.17, 15) is 13.2 Å². The molecule has 146 valence electrons. The highest BCUT2D eigenvalue weighted by Crippen LogP contribution is 2.26. The van der Waals surface area contributed by atoms with E-state index in [-0.39, 0.29) is 22.1 Å². The van der Waals surface area contributed by atoms with Gasteiger partial charge in [-0.25, -0.2) is 8.42 Å². The van der Waals surface area contributed by atoms with Gasteiger partial charge in [-0.3, -0.25) is 14.5 Å². The van der Waals surface area contributed by atoms with Gasteiger partial charge in [0, 0.05) is 25.9 Å². The van der Waals surface area contributed by atoms with Gasteiger partial charge in [0.2, 0.25) is 0 Å². The maximum Gasteiger partial charge on any atom is 0.262 e. The minimum Gasteiger partial charge on any atom is -0.494 e. The van der Waals surface area contributed by atoms with Gasteiger partial charge in [0.15, 0.2) is 0 Å². The number of sulfonamides is 1. The molecule has 0 unspecified atom stereocenters. The minimum atomic E-state index is -4.00. The maximum absolute atomic E-state index is 12.9. The number of benzene rings is 1. The SMILES string of the molecule is CCCCCN(C)C(=O)c1ccccc1S(=O)(=O)Nc1cnccc1OC. The topological polar surface area (TPSA) is 88.6 Å². The number of rotatable bonds is 9. The Bertz CT molecular complexity index is 884. The Morgan fingerprint density at radius 2 is 1.96 bits per heavy atom. The number of unbranched alkanes of at least 4 members (excludes halogenated alkanes) is 2. The highest BCUT2D eigenvalue weighted by Gasteiger charge is 2.25. The van der Waals surface area contributed by atoms with E-state index in [0.29, 0.717) is 12.3 Å². The molecule has 1 aromatic heterocycles. The Labute approximate surface area is 160 Å².